The van der Waals surface area contributed by atoms with Crippen LogP contribution in [0, 0.1) is 23.3 Å². The van der Waals surface area contributed by atoms with E-state index in [1.54, 1.807) is 16.8 Å². The summed E-state index contributed by atoms with van der Waals surface area (Å²) in [6, 6.07) is 15.6. The molecule has 0 amide bonds. The number of anilines is 1. The summed E-state index contributed by atoms with van der Waals surface area (Å²) < 4.78 is 54.2. The van der Waals surface area contributed by atoms with Gasteiger partial charge in [-0.25, -0.2) is 17.6 Å². The summed E-state index contributed by atoms with van der Waals surface area (Å²) in [6.07, 6.45) is 1.70. The molecule has 1 aliphatic heterocycles. The summed E-state index contributed by atoms with van der Waals surface area (Å²) in [7, 11) is 1.69. The van der Waals surface area contributed by atoms with Crippen LogP contribution in [0.25, 0.3) is 12.2 Å². The van der Waals surface area contributed by atoms with Crippen LogP contribution >= 0.6 is 0 Å². The fourth-order valence-electron chi connectivity index (χ4n) is 3.88. The average molecular weight is 482 g/mol. The van der Waals surface area contributed by atoms with Crippen molar-refractivity contribution in [3.63, 3.8) is 0 Å². The monoisotopic (exact) mass is 482 g/mol. The third-order valence-corrected chi connectivity index (χ3v) is 5.74. The zero-order valence-corrected chi connectivity index (χ0v) is 18.8. The van der Waals surface area contributed by atoms with E-state index in [9.17, 15) is 27.5 Å². The molecule has 35 heavy (non-hydrogen) atoms. The zero-order valence-electron chi connectivity index (χ0n) is 18.8. The number of carbonyl (C=O) groups excluding carboxylic acids is 1. The van der Waals surface area contributed by atoms with E-state index >= 15 is 0 Å². The van der Waals surface area contributed by atoms with E-state index in [4.69, 9.17) is 0 Å². The Morgan fingerprint density at radius 2 is 1.29 bits per heavy atom. The quantitative estimate of drug-likeness (QED) is 0.316. The number of halogens is 4. The molecule has 3 aromatic carbocycles. The van der Waals surface area contributed by atoms with Crippen LogP contribution in [0.4, 0.5) is 23.2 Å². The Bertz CT molecular complexity index is 1230. The molecule has 0 aliphatic carbocycles. The van der Waals surface area contributed by atoms with Gasteiger partial charge in [-0.05, 0) is 59.7 Å². The molecule has 8 heteroatoms. The standard InChI is InChI=1S/C27H22F4N2O2/c1-32(21-5-3-2-4-6-21)27(35)33-15-19(11-17-7-9-22(28)24(30)13-17)26(34)20(16-33)12-18-8-10-23(29)25(31)14-18/h2-14,27,35H,15-16H2,1H3/b19-11+,20-12+. The maximum Gasteiger partial charge on any atom is 0.187 e. The van der Waals surface area contributed by atoms with Crippen LogP contribution in [-0.2, 0) is 4.79 Å². The molecule has 4 nitrogen and oxygen atoms in total. The molecule has 0 radical (unpaired) electrons. The lowest BCUT2D eigenvalue weighted by atomic mass is 9.94. The topological polar surface area (TPSA) is 43.8 Å². The predicted octanol–water partition coefficient (Wildman–Crippen LogP) is 5.01. The van der Waals surface area contributed by atoms with E-state index in [0.29, 0.717) is 0 Å². The molecule has 1 heterocycles. The molecule has 0 saturated carbocycles. The van der Waals surface area contributed by atoms with Crippen molar-refractivity contribution in [2.45, 2.75) is 6.35 Å². The maximum atomic E-state index is 13.7. The van der Waals surface area contributed by atoms with Gasteiger partial charge in [-0.15, -0.1) is 0 Å². The maximum absolute atomic E-state index is 13.7. The van der Waals surface area contributed by atoms with Gasteiger partial charge in [-0.2, -0.15) is 0 Å². The minimum absolute atomic E-state index is 0.0191. The van der Waals surface area contributed by atoms with Crippen molar-refractivity contribution in [3.8, 4) is 0 Å². The fourth-order valence-corrected chi connectivity index (χ4v) is 3.88. The molecule has 1 atom stereocenters. The molecular weight excluding hydrogens is 460 g/mol. The lowest BCUT2D eigenvalue weighted by molar-refractivity contribution is -0.114. The fraction of sp³-hybridized carbons (Fsp3) is 0.148. The zero-order chi connectivity index (χ0) is 25.1. The predicted molar refractivity (Wildman–Crippen MR) is 126 cm³/mol. The van der Waals surface area contributed by atoms with Gasteiger partial charge in [0.25, 0.3) is 0 Å². The third kappa shape index (κ3) is 5.50. The van der Waals surface area contributed by atoms with E-state index in [2.05, 4.69) is 0 Å². The average Bonchev–Trinajstić information content (AvgIpc) is 2.85. The number of para-hydroxylation sites is 1. The van der Waals surface area contributed by atoms with Crippen LogP contribution in [0.3, 0.4) is 0 Å². The van der Waals surface area contributed by atoms with Gasteiger partial charge in [-0.1, -0.05) is 30.3 Å². The second kappa shape index (κ2) is 10.2. The van der Waals surface area contributed by atoms with Crippen molar-refractivity contribution >= 4 is 23.6 Å². The highest BCUT2D eigenvalue weighted by Crippen LogP contribution is 2.26. The summed E-state index contributed by atoms with van der Waals surface area (Å²) in [5.74, 6) is -4.53. The number of Topliss-reactive ketones (excluding diaryl/α,β-unsaturated/α-hetero) is 1. The largest absolute Gasteiger partial charge is 0.361 e. The van der Waals surface area contributed by atoms with Crippen LogP contribution in [0.15, 0.2) is 77.9 Å². The molecule has 1 N–H and O–H groups in total. The van der Waals surface area contributed by atoms with Crippen LogP contribution in [-0.4, -0.2) is 42.3 Å². The normalized spacial score (nSPS) is 17.7. The molecule has 0 spiro atoms. The minimum atomic E-state index is -1.15. The first-order valence-corrected chi connectivity index (χ1v) is 10.8. The SMILES string of the molecule is CN(c1ccccc1)C(O)N1C/C(=C\c2ccc(F)c(F)c2)C(=O)/C(=C/c2ccc(F)c(F)c2)C1. The number of hydrogen-bond donors (Lipinski definition) is 1. The highest BCUT2D eigenvalue weighted by Gasteiger charge is 2.31. The lowest BCUT2D eigenvalue weighted by Gasteiger charge is -2.38. The van der Waals surface area contributed by atoms with Crippen molar-refractivity contribution in [2.24, 2.45) is 0 Å². The summed E-state index contributed by atoms with van der Waals surface area (Å²) in [5.41, 5.74) is 1.71. The van der Waals surface area contributed by atoms with E-state index in [-0.39, 0.29) is 35.4 Å². The first-order chi connectivity index (χ1) is 16.7. The van der Waals surface area contributed by atoms with Gasteiger partial charge >= 0.3 is 0 Å². The Morgan fingerprint density at radius 1 is 0.800 bits per heavy atom. The molecular formula is C27H22F4N2O2. The molecule has 1 aliphatic rings. The van der Waals surface area contributed by atoms with E-state index < -0.39 is 35.4 Å². The Hall–Kier alpha value is -3.75. The molecule has 180 valence electrons. The Balaban J connectivity index is 1.72. The van der Waals surface area contributed by atoms with Gasteiger partial charge in [-0.3, -0.25) is 9.69 Å². The van der Waals surface area contributed by atoms with Gasteiger partial charge in [0.05, 0.1) is 0 Å². The van der Waals surface area contributed by atoms with Gasteiger partial charge in [0.1, 0.15) is 0 Å². The highest BCUT2D eigenvalue weighted by atomic mass is 19.2. The van der Waals surface area contributed by atoms with E-state index in [1.807, 2.05) is 30.3 Å². The van der Waals surface area contributed by atoms with Crippen LogP contribution in [0.2, 0.25) is 0 Å². The molecule has 1 saturated heterocycles. The second-order valence-corrected chi connectivity index (χ2v) is 8.21. The van der Waals surface area contributed by atoms with Crippen molar-refractivity contribution in [2.75, 3.05) is 25.0 Å². The molecule has 1 unspecified atom stereocenters. The Labute approximate surface area is 200 Å². The smallest absolute Gasteiger partial charge is 0.187 e. The number of hydrogen-bond acceptors (Lipinski definition) is 4. The molecule has 0 bridgehead atoms. The molecule has 3 aromatic rings. The summed E-state index contributed by atoms with van der Waals surface area (Å²) in [5, 5.41) is 11.1. The first-order valence-electron chi connectivity index (χ1n) is 10.8. The molecule has 1 fully saturated rings. The number of ketones is 1. The molecule has 4 rings (SSSR count). The van der Waals surface area contributed by atoms with Gasteiger partial charge in [0.2, 0.25) is 0 Å². The first kappa shape index (κ1) is 24.4. The van der Waals surface area contributed by atoms with Crippen LogP contribution in [0.5, 0.6) is 0 Å². The van der Waals surface area contributed by atoms with E-state index in [0.717, 1.165) is 30.0 Å². The van der Waals surface area contributed by atoms with Crippen LogP contribution < -0.4 is 4.90 Å². The van der Waals surface area contributed by atoms with Crippen molar-refractivity contribution in [1.29, 1.82) is 0 Å². The van der Waals surface area contributed by atoms with Crippen molar-refractivity contribution < 1.29 is 27.5 Å². The van der Waals surface area contributed by atoms with Gasteiger partial charge in [0.15, 0.2) is 35.4 Å². The number of likely N-dealkylation sites (tertiary alicyclic amines) is 1. The number of carbonyl (C=O) groups is 1. The lowest BCUT2D eigenvalue weighted by Crippen LogP contribution is -2.51. The van der Waals surface area contributed by atoms with Crippen molar-refractivity contribution in [3.05, 3.63) is 112 Å². The van der Waals surface area contributed by atoms with Gasteiger partial charge in [0, 0.05) is 37.0 Å². The number of aliphatic hydroxyl groups excluding tert-OH is 1. The van der Waals surface area contributed by atoms with E-state index in [1.165, 1.54) is 24.3 Å². The second-order valence-electron chi connectivity index (χ2n) is 8.21. The highest BCUT2D eigenvalue weighted by molar-refractivity contribution is 6.14. The van der Waals surface area contributed by atoms with Crippen molar-refractivity contribution in [1.82, 2.24) is 4.90 Å². The summed E-state index contributed by atoms with van der Waals surface area (Å²) in [6.45, 7) is 0.0383. The Kier molecular flexibility index (Phi) is 7.14. The summed E-state index contributed by atoms with van der Waals surface area (Å²) in [4.78, 5) is 16.5. The van der Waals surface area contributed by atoms with Gasteiger partial charge < -0.3 is 10.0 Å². The number of nitrogens with zero attached hydrogens (tertiary/aromatic N) is 2. The number of rotatable bonds is 5. The third-order valence-electron chi connectivity index (χ3n) is 5.74. The number of piperidine rings is 1. The van der Waals surface area contributed by atoms with Crippen LogP contribution in [0.1, 0.15) is 11.1 Å². The Morgan fingerprint density at radius 3 is 1.74 bits per heavy atom. The minimum Gasteiger partial charge on any atom is -0.361 e. The number of benzene rings is 3. The number of aliphatic hydroxyl groups is 1. The molecule has 0 aromatic heterocycles. The summed E-state index contributed by atoms with van der Waals surface area (Å²) >= 11 is 0.